The van der Waals surface area contributed by atoms with Gasteiger partial charge in [-0.05, 0) is 37.1 Å². The Morgan fingerprint density at radius 1 is 1.39 bits per heavy atom. The summed E-state index contributed by atoms with van der Waals surface area (Å²) in [4.78, 5) is 17.1. The topological polar surface area (TPSA) is 71.5 Å². The number of methoxy groups -OCH3 is 1. The van der Waals surface area contributed by atoms with Gasteiger partial charge in [0, 0.05) is 18.0 Å². The number of thiazole rings is 1. The molecule has 1 aliphatic carbocycles. The van der Waals surface area contributed by atoms with E-state index in [0.717, 1.165) is 35.6 Å². The maximum Gasteiger partial charge on any atom is 0.263 e. The number of aliphatic hydroxyl groups excluding tert-OH is 1. The van der Waals surface area contributed by atoms with Gasteiger partial charge in [0.15, 0.2) is 0 Å². The minimum absolute atomic E-state index is 0.124. The molecule has 23 heavy (non-hydrogen) atoms. The maximum absolute atomic E-state index is 12.2. The van der Waals surface area contributed by atoms with Gasteiger partial charge in [0.1, 0.15) is 15.6 Å². The van der Waals surface area contributed by atoms with Crippen molar-refractivity contribution in [2.75, 3.05) is 13.7 Å². The summed E-state index contributed by atoms with van der Waals surface area (Å²) in [5.74, 6) is 0.840. The van der Waals surface area contributed by atoms with E-state index in [1.807, 2.05) is 24.3 Å². The molecule has 0 saturated heterocycles. The fourth-order valence-electron chi connectivity index (χ4n) is 2.81. The lowest BCUT2D eigenvalue weighted by molar-refractivity contribution is 0.0920. The summed E-state index contributed by atoms with van der Waals surface area (Å²) in [6.45, 7) is 0.524. The van der Waals surface area contributed by atoms with Crippen molar-refractivity contribution >= 4 is 17.2 Å². The smallest absolute Gasteiger partial charge is 0.263 e. The molecule has 0 radical (unpaired) electrons. The van der Waals surface area contributed by atoms with Crippen LogP contribution in [0.25, 0.3) is 10.6 Å². The first-order valence-electron chi connectivity index (χ1n) is 7.74. The second kappa shape index (κ2) is 7.10. The zero-order chi connectivity index (χ0) is 16.2. The number of carbonyl (C=O) groups is 1. The van der Waals surface area contributed by atoms with Crippen molar-refractivity contribution in [3.05, 3.63) is 35.3 Å². The third kappa shape index (κ3) is 3.71. The van der Waals surface area contributed by atoms with Crippen LogP contribution in [0.2, 0.25) is 0 Å². The molecule has 6 heteroatoms. The van der Waals surface area contributed by atoms with Gasteiger partial charge in [-0.1, -0.05) is 6.42 Å². The minimum Gasteiger partial charge on any atom is -0.497 e. The predicted octanol–water partition coefficient (Wildman–Crippen LogP) is 2.71. The van der Waals surface area contributed by atoms with E-state index in [0.29, 0.717) is 11.4 Å². The monoisotopic (exact) mass is 332 g/mol. The van der Waals surface area contributed by atoms with Gasteiger partial charge >= 0.3 is 0 Å². The third-order valence-electron chi connectivity index (χ3n) is 4.21. The molecule has 2 N–H and O–H groups in total. The molecule has 1 heterocycles. The Bertz CT molecular complexity index is 669. The van der Waals surface area contributed by atoms with Crippen LogP contribution >= 0.6 is 11.3 Å². The first-order valence-corrected chi connectivity index (χ1v) is 8.55. The summed E-state index contributed by atoms with van der Waals surface area (Å²) in [6, 6.07) is 7.60. The van der Waals surface area contributed by atoms with Gasteiger partial charge < -0.3 is 15.2 Å². The van der Waals surface area contributed by atoms with Crippen molar-refractivity contribution in [2.45, 2.75) is 25.4 Å². The van der Waals surface area contributed by atoms with Gasteiger partial charge in [0.05, 0.1) is 19.4 Å². The highest BCUT2D eigenvalue weighted by Crippen LogP contribution is 2.27. The molecule has 0 aliphatic heterocycles. The number of aromatic nitrogens is 1. The van der Waals surface area contributed by atoms with Crippen LogP contribution in [-0.2, 0) is 0 Å². The van der Waals surface area contributed by atoms with Gasteiger partial charge in [-0.3, -0.25) is 4.79 Å². The summed E-state index contributed by atoms with van der Waals surface area (Å²) in [5.41, 5.74) is 0.959. The number of amides is 1. The van der Waals surface area contributed by atoms with Crippen molar-refractivity contribution < 1.29 is 14.6 Å². The van der Waals surface area contributed by atoms with Gasteiger partial charge in [-0.25, -0.2) is 4.98 Å². The second-order valence-electron chi connectivity index (χ2n) is 5.73. The van der Waals surface area contributed by atoms with Crippen LogP contribution in [0.3, 0.4) is 0 Å². The molecular weight excluding hydrogens is 312 g/mol. The molecule has 2 aromatic rings. The normalized spacial score (nSPS) is 20.4. The molecule has 1 saturated carbocycles. The maximum atomic E-state index is 12.2. The summed E-state index contributed by atoms with van der Waals surface area (Å²) >= 11 is 1.36. The van der Waals surface area contributed by atoms with E-state index < -0.39 is 0 Å². The number of nitrogens with zero attached hydrogens (tertiary/aromatic N) is 1. The average molecular weight is 332 g/mol. The fourth-order valence-corrected chi connectivity index (χ4v) is 3.65. The van der Waals surface area contributed by atoms with Crippen molar-refractivity contribution in [1.29, 1.82) is 0 Å². The zero-order valence-corrected chi connectivity index (χ0v) is 13.8. The molecular formula is C17H20N2O3S. The first-order chi connectivity index (χ1) is 11.2. The van der Waals surface area contributed by atoms with Crippen molar-refractivity contribution in [3.63, 3.8) is 0 Å². The Morgan fingerprint density at radius 2 is 2.17 bits per heavy atom. The van der Waals surface area contributed by atoms with E-state index in [4.69, 9.17) is 4.74 Å². The Kier molecular flexibility index (Phi) is 4.93. The highest BCUT2D eigenvalue weighted by molar-refractivity contribution is 7.16. The molecule has 0 bridgehead atoms. The van der Waals surface area contributed by atoms with Crippen LogP contribution < -0.4 is 10.1 Å². The molecule has 2 unspecified atom stereocenters. The van der Waals surface area contributed by atoms with E-state index in [1.54, 1.807) is 13.3 Å². The molecule has 1 aliphatic rings. The number of nitrogens with one attached hydrogen (secondary N) is 1. The summed E-state index contributed by atoms with van der Waals surface area (Å²) < 4.78 is 5.14. The van der Waals surface area contributed by atoms with Gasteiger partial charge in [-0.2, -0.15) is 0 Å². The van der Waals surface area contributed by atoms with Gasteiger partial charge in [0.25, 0.3) is 5.91 Å². The summed E-state index contributed by atoms with van der Waals surface area (Å²) in [5, 5.41) is 13.5. The molecule has 1 amide bonds. The molecule has 2 atom stereocenters. The molecule has 5 nitrogen and oxygen atoms in total. The molecule has 122 valence electrons. The number of hydrogen-bond donors (Lipinski definition) is 2. The third-order valence-corrected chi connectivity index (χ3v) is 5.26. The molecule has 1 aromatic carbocycles. The molecule has 1 aromatic heterocycles. The quantitative estimate of drug-likeness (QED) is 0.883. The number of carbonyl (C=O) groups excluding carboxylic acids is 1. The first kappa shape index (κ1) is 16.0. The summed E-state index contributed by atoms with van der Waals surface area (Å²) in [7, 11) is 1.63. The van der Waals surface area contributed by atoms with Crippen LogP contribution in [-0.4, -0.2) is 35.8 Å². The Balaban J connectivity index is 1.62. The van der Waals surface area contributed by atoms with E-state index in [2.05, 4.69) is 10.3 Å². The minimum atomic E-state index is -0.286. The number of ether oxygens (including phenoxy) is 1. The number of aliphatic hydroxyl groups is 1. The molecule has 1 fully saturated rings. The lowest BCUT2D eigenvalue weighted by Crippen LogP contribution is -2.32. The Hall–Kier alpha value is -1.92. The number of rotatable bonds is 5. The van der Waals surface area contributed by atoms with Gasteiger partial charge in [-0.15, -0.1) is 11.3 Å². The van der Waals surface area contributed by atoms with E-state index >= 15 is 0 Å². The summed E-state index contributed by atoms with van der Waals surface area (Å²) in [6.07, 6.45) is 4.16. The van der Waals surface area contributed by atoms with Crippen LogP contribution in [0, 0.1) is 5.92 Å². The lowest BCUT2D eigenvalue weighted by atomic mass is 10.1. The van der Waals surface area contributed by atoms with Crippen LogP contribution in [0.15, 0.2) is 30.5 Å². The van der Waals surface area contributed by atoms with Crippen LogP contribution in [0.5, 0.6) is 5.75 Å². The van der Waals surface area contributed by atoms with Crippen molar-refractivity contribution in [3.8, 4) is 16.3 Å². The largest absolute Gasteiger partial charge is 0.497 e. The average Bonchev–Trinajstić information content (AvgIpc) is 3.22. The molecule has 0 spiro atoms. The number of benzene rings is 1. The lowest BCUT2D eigenvalue weighted by Gasteiger charge is -2.14. The fraction of sp³-hybridized carbons (Fsp3) is 0.412. The SMILES string of the molecule is COc1ccc(-c2ncc(C(=O)NCC3CCCC3O)s2)cc1. The standard InChI is InChI=1S/C17H20N2O3S/c1-22-13-7-5-11(6-8-13)17-19-10-15(23-17)16(21)18-9-12-3-2-4-14(12)20/h5-8,10,12,14,20H,2-4,9H2,1H3,(H,18,21). The Morgan fingerprint density at radius 3 is 2.83 bits per heavy atom. The highest BCUT2D eigenvalue weighted by atomic mass is 32.1. The van der Waals surface area contributed by atoms with Crippen LogP contribution in [0.1, 0.15) is 28.9 Å². The van der Waals surface area contributed by atoms with E-state index in [1.165, 1.54) is 11.3 Å². The van der Waals surface area contributed by atoms with Crippen LogP contribution in [0.4, 0.5) is 0 Å². The zero-order valence-electron chi connectivity index (χ0n) is 13.0. The second-order valence-corrected chi connectivity index (χ2v) is 6.76. The van der Waals surface area contributed by atoms with Gasteiger partial charge in [0.2, 0.25) is 0 Å². The van der Waals surface area contributed by atoms with E-state index in [-0.39, 0.29) is 17.9 Å². The van der Waals surface area contributed by atoms with Crippen molar-refractivity contribution in [2.24, 2.45) is 5.92 Å². The van der Waals surface area contributed by atoms with E-state index in [9.17, 15) is 9.90 Å². The number of hydrogen-bond acceptors (Lipinski definition) is 5. The molecule has 3 rings (SSSR count). The predicted molar refractivity (Wildman–Crippen MR) is 89.8 cm³/mol. The Labute approximate surface area is 139 Å². The highest BCUT2D eigenvalue weighted by Gasteiger charge is 2.25. The van der Waals surface area contributed by atoms with Crippen molar-refractivity contribution in [1.82, 2.24) is 10.3 Å².